The second-order valence-electron chi connectivity index (χ2n) is 9.55. The molecule has 1 saturated heterocycles. The van der Waals surface area contributed by atoms with E-state index < -0.39 is 0 Å². The number of furan rings is 1. The Bertz CT molecular complexity index is 1320. The lowest BCUT2D eigenvalue weighted by molar-refractivity contribution is 0.0422. The van der Waals surface area contributed by atoms with Crippen molar-refractivity contribution in [2.75, 3.05) is 38.2 Å². The maximum atomic E-state index is 14.4. The van der Waals surface area contributed by atoms with E-state index in [0.717, 1.165) is 72.3 Å². The van der Waals surface area contributed by atoms with Gasteiger partial charge in [-0.1, -0.05) is 37.5 Å². The number of benzene rings is 2. The number of methoxy groups -OCH3 is 1. The first-order valence-electron chi connectivity index (χ1n) is 12.3. The third kappa shape index (κ3) is 3.43. The van der Waals surface area contributed by atoms with Crippen LogP contribution in [0.2, 0.25) is 0 Å². The second-order valence-corrected chi connectivity index (χ2v) is 9.55. The zero-order valence-corrected chi connectivity index (χ0v) is 19.6. The first-order valence-corrected chi connectivity index (χ1v) is 12.3. The van der Waals surface area contributed by atoms with Crippen LogP contribution in [-0.2, 0) is 5.54 Å². The Morgan fingerprint density at radius 2 is 1.82 bits per heavy atom. The Morgan fingerprint density at radius 3 is 2.62 bits per heavy atom. The van der Waals surface area contributed by atoms with Gasteiger partial charge in [0.2, 0.25) is 0 Å². The van der Waals surface area contributed by atoms with Crippen molar-refractivity contribution in [1.29, 1.82) is 0 Å². The molecule has 3 heterocycles. The van der Waals surface area contributed by atoms with Crippen molar-refractivity contribution in [1.82, 2.24) is 9.88 Å². The number of halogens is 1. The topological polar surface area (TPSA) is 41.7 Å². The predicted octanol–water partition coefficient (Wildman–Crippen LogP) is 6.11. The van der Waals surface area contributed by atoms with Crippen molar-refractivity contribution in [3.63, 3.8) is 0 Å². The van der Waals surface area contributed by atoms with E-state index in [1.54, 1.807) is 25.4 Å². The Labute approximate surface area is 199 Å². The monoisotopic (exact) mass is 459 g/mol. The number of ether oxygens (including phenoxy) is 1. The van der Waals surface area contributed by atoms with Crippen LogP contribution in [0, 0.1) is 5.82 Å². The molecule has 0 spiro atoms. The number of aromatic nitrogens is 1. The molecule has 2 fully saturated rings. The van der Waals surface area contributed by atoms with Gasteiger partial charge in [0, 0.05) is 54.3 Å². The van der Waals surface area contributed by atoms with E-state index in [9.17, 15) is 4.39 Å². The van der Waals surface area contributed by atoms with Gasteiger partial charge < -0.3 is 14.1 Å². The molecule has 34 heavy (non-hydrogen) atoms. The molecular formula is C28H30FN3O2. The molecule has 6 rings (SSSR count). The van der Waals surface area contributed by atoms with Crippen molar-refractivity contribution in [3.05, 3.63) is 66.3 Å². The molecule has 2 aromatic carbocycles. The van der Waals surface area contributed by atoms with E-state index in [4.69, 9.17) is 9.15 Å². The quantitative estimate of drug-likeness (QED) is 0.368. The van der Waals surface area contributed by atoms with E-state index in [2.05, 4.69) is 26.9 Å². The van der Waals surface area contributed by atoms with Crippen molar-refractivity contribution < 1.29 is 13.5 Å². The molecule has 0 amide bonds. The first-order chi connectivity index (χ1) is 16.7. The number of piperazine rings is 1. The SMILES string of the molecule is COc1cccc2c(C3(N4CCN(c5cc(F)cc6cccnc56)CC4)CCCCC3)coc12. The number of pyridine rings is 1. The zero-order valence-electron chi connectivity index (χ0n) is 19.6. The summed E-state index contributed by atoms with van der Waals surface area (Å²) in [5.41, 5.74) is 3.85. The molecular weight excluding hydrogens is 429 g/mol. The molecule has 1 saturated carbocycles. The summed E-state index contributed by atoms with van der Waals surface area (Å²) in [6, 6.07) is 13.2. The fourth-order valence-corrected chi connectivity index (χ4v) is 6.20. The van der Waals surface area contributed by atoms with E-state index in [1.165, 1.54) is 24.8 Å². The molecule has 0 N–H and O–H groups in total. The highest BCUT2D eigenvalue weighted by Crippen LogP contribution is 2.47. The molecule has 0 bridgehead atoms. The number of nitrogens with zero attached hydrogens (tertiary/aromatic N) is 3. The minimum Gasteiger partial charge on any atom is -0.493 e. The maximum absolute atomic E-state index is 14.4. The third-order valence-electron chi connectivity index (χ3n) is 7.84. The molecule has 6 heteroatoms. The standard InChI is InChI=1S/C28H30FN3O2/c1-33-25-9-5-8-22-23(19-34-27(22)25)28(10-3-2-4-11-28)32-15-13-31(14-16-32)24-18-21(29)17-20-7-6-12-30-26(20)24/h5-9,12,17-19H,2-4,10-11,13-16H2,1H3. The molecule has 176 valence electrons. The molecule has 5 nitrogen and oxygen atoms in total. The van der Waals surface area contributed by atoms with Crippen molar-refractivity contribution in [3.8, 4) is 5.75 Å². The average molecular weight is 460 g/mol. The van der Waals surface area contributed by atoms with Gasteiger partial charge in [-0.25, -0.2) is 4.39 Å². The Hall–Kier alpha value is -3.12. The summed E-state index contributed by atoms with van der Waals surface area (Å²) in [6.07, 6.45) is 9.73. The fourth-order valence-electron chi connectivity index (χ4n) is 6.20. The number of fused-ring (bicyclic) bond motifs is 2. The summed E-state index contributed by atoms with van der Waals surface area (Å²) in [7, 11) is 1.69. The minimum atomic E-state index is -0.208. The molecule has 0 atom stereocenters. The number of hydrogen-bond acceptors (Lipinski definition) is 5. The van der Waals surface area contributed by atoms with Crippen LogP contribution in [0.5, 0.6) is 5.75 Å². The summed E-state index contributed by atoms with van der Waals surface area (Å²) < 4.78 is 26.0. The van der Waals surface area contributed by atoms with E-state index in [-0.39, 0.29) is 11.4 Å². The smallest absolute Gasteiger partial charge is 0.176 e. The van der Waals surface area contributed by atoms with Gasteiger partial charge in [0.25, 0.3) is 0 Å². The largest absolute Gasteiger partial charge is 0.493 e. The van der Waals surface area contributed by atoms with Gasteiger partial charge in [-0.05, 0) is 37.1 Å². The lowest BCUT2D eigenvalue weighted by Crippen LogP contribution is -2.56. The lowest BCUT2D eigenvalue weighted by Gasteiger charge is -2.50. The number of anilines is 1. The number of para-hydroxylation sites is 1. The normalized spacial score (nSPS) is 19.1. The van der Waals surface area contributed by atoms with Gasteiger partial charge in [-0.15, -0.1) is 0 Å². The number of rotatable bonds is 4. The Balaban J connectivity index is 1.33. The van der Waals surface area contributed by atoms with Crippen LogP contribution in [-0.4, -0.2) is 43.2 Å². The fraction of sp³-hybridized carbons (Fsp3) is 0.393. The Kier molecular flexibility index (Phi) is 5.41. The van der Waals surface area contributed by atoms with Gasteiger partial charge in [0.1, 0.15) is 5.82 Å². The van der Waals surface area contributed by atoms with Crippen LogP contribution in [0.4, 0.5) is 10.1 Å². The first kappa shape index (κ1) is 21.4. The zero-order chi connectivity index (χ0) is 23.1. The molecule has 1 aliphatic heterocycles. The van der Waals surface area contributed by atoms with Crippen LogP contribution in [0.3, 0.4) is 0 Å². The van der Waals surface area contributed by atoms with Gasteiger partial charge in [0.15, 0.2) is 11.3 Å². The summed E-state index contributed by atoms with van der Waals surface area (Å²) in [4.78, 5) is 9.51. The highest BCUT2D eigenvalue weighted by molar-refractivity contribution is 5.91. The lowest BCUT2D eigenvalue weighted by atomic mass is 9.74. The molecule has 0 radical (unpaired) electrons. The van der Waals surface area contributed by atoms with Crippen LogP contribution in [0.25, 0.3) is 21.9 Å². The minimum absolute atomic E-state index is 0.0375. The number of hydrogen-bond donors (Lipinski definition) is 0. The molecule has 2 aromatic heterocycles. The second kappa shape index (κ2) is 8.58. The van der Waals surface area contributed by atoms with E-state index in [1.807, 2.05) is 24.5 Å². The van der Waals surface area contributed by atoms with Gasteiger partial charge in [-0.2, -0.15) is 0 Å². The summed E-state index contributed by atoms with van der Waals surface area (Å²) in [6.45, 7) is 3.52. The van der Waals surface area contributed by atoms with E-state index >= 15 is 0 Å². The van der Waals surface area contributed by atoms with Gasteiger partial charge >= 0.3 is 0 Å². The average Bonchev–Trinajstić information content (AvgIpc) is 3.34. The van der Waals surface area contributed by atoms with Crippen molar-refractivity contribution in [2.45, 2.75) is 37.6 Å². The van der Waals surface area contributed by atoms with Crippen LogP contribution >= 0.6 is 0 Å². The molecule has 1 aliphatic carbocycles. The van der Waals surface area contributed by atoms with Crippen molar-refractivity contribution in [2.24, 2.45) is 0 Å². The van der Waals surface area contributed by atoms with Crippen LogP contribution in [0.1, 0.15) is 37.7 Å². The van der Waals surface area contributed by atoms with Crippen LogP contribution in [0.15, 0.2) is 59.3 Å². The summed E-state index contributed by atoms with van der Waals surface area (Å²) in [5.74, 6) is 0.575. The molecule has 0 unspecified atom stereocenters. The van der Waals surface area contributed by atoms with E-state index in [0.29, 0.717) is 0 Å². The highest BCUT2D eigenvalue weighted by Gasteiger charge is 2.43. The third-order valence-corrected chi connectivity index (χ3v) is 7.84. The summed E-state index contributed by atoms with van der Waals surface area (Å²) in [5, 5.41) is 2.01. The maximum Gasteiger partial charge on any atom is 0.176 e. The highest BCUT2D eigenvalue weighted by atomic mass is 19.1. The Morgan fingerprint density at radius 1 is 1.00 bits per heavy atom. The van der Waals surface area contributed by atoms with Crippen LogP contribution < -0.4 is 9.64 Å². The van der Waals surface area contributed by atoms with Gasteiger partial charge in [-0.3, -0.25) is 9.88 Å². The predicted molar refractivity (Wildman–Crippen MR) is 133 cm³/mol. The van der Waals surface area contributed by atoms with Gasteiger partial charge in [0.05, 0.1) is 24.6 Å². The molecule has 2 aliphatic rings. The molecule has 4 aromatic rings. The van der Waals surface area contributed by atoms with Crippen molar-refractivity contribution >= 4 is 27.6 Å². The summed E-state index contributed by atoms with van der Waals surface area (Å²) >= 11 is 0.